The standard InChI is InChI=1S/C16H28N6OS.HI/c1-23-11-10-20-5-2-3-14(20)13-19-15(17)21-6-8-22(9-7-21)16-18-4-12-24-16;/h4,12,14H,2-3,5-11,13H2,1H3,(H2,17,19);1H. The van der Waals surface area contributed by atoms with Crippen LogP contribution in [0.4, 0.5) is 5.13 Å². The molecule has 0 aliphatic carbocycles. The van der Waals surface area contributed by atoms with Crippen molar-refractivity contribution in [1.82, 2.24) is 14.8 Å². The van der Waals surface area contributed by atoms with Crippen LogP contribution in [0.5, 0.6) is 0 Å². The molecule has 142 valence electrons. The second-order valence-electron chi connectivity index (χ2n) is 6.31. The Kier molecular flexibility index (Phi) is 8.67. The third-order valence-electron chi connectivity index (χ3n) is 4.84. The Morgan fingerprint density at radius 1 is 1.36 bits per heavy atom. The fourth-order valence-electron chi connectivity index (χ4n) is 3.40. The fraction of sp³-hybridized carbons (Fsp3) is 0.750. The minimum Gasteiger partial charge on any atom is -0.383 e. The van der Waals surface area contributed by atoms with Crippen molar-refractivity contribution in [3.63, 3.8) is 0 Å². The van der Waals surface area contributed by atoms with Gasteiger partial charge in [0.15, 0.2) is 11.1 Å². The van der Waals surface area contributed by atoms with E-state index in [9.17, 15) is 0 Å². The van der Waals surface area contributed by atoms with Crippen molar-refractivity contribution in [2.45, 2.75) is 18.9 Å². The summed E-state index contributed by atoms with van der Waals surface area (Å²) in [4.78, 5) is 16.0. The number of aliphatic imine (C=N–C) groups is 1. The molecule has 2 saturated heterocycles. The van der Waals surface area contributed by atoms with Crippen LogP contribution >= 0.6 is 35.3 Å². The topological polar surface area (TPSA) is 70.2 Å². The quantitative estimate of drug-likeness (QED) is 0.376. The lowest BCUT2D eigenvalue weighted by Crippen LogP contribution is -2.51. The number of halogens is 1. The molecule has 2 aliphatic rings. The molecule has 1 atom stereocenters. The summed E-state index contributed by atoms with van der Waals surface area (Å²) in [7, 11) is 1.76. The van der Waals surface area contributed by atoms with Gasteiger partial charge in [-0.3, -0.25) is 9.89 Å². The molecular weight excluding hydrogens is 451 g/mol. The summed E-state index contributed by atoms with van der Waals surface area (Å²) < 4.78 is 5.19. The van der Waals surface area contributed by atoms with Crippen molar-refractivity contribution in [1.29, 1.82) is 0 Å². The summed E-state index contributed by atoms with van der Waals surface area (Å²) >= 11 is 1.69. The predicted molar refractivity (Wildman–Crippen MR) is 114 cm³/mol. The Bertz CT molecular complexity index is 521. The Balaban J connectivity index is 0.00000225. The molecule has 0 saturated carbocycles. The molecule has 9 heteroatoms. The van der Waals surface area contributed by atoms with Crippen molar-refractivity contribution in [2.24, 2.45) is 10.7 Å². The lowest BCUT2D eigenvalue weighted by atomic mass is 10.2. The lowest BCUT2D eigenvalue weighted by Gasteiger charge is -2.35. The van der Waals surface area contributed by atoms with E-state index in [-0.39, 0.29) is 24.0 Å². The van der Waals surface area contributed by atoms with Crippen LogP contribution in [0, 0.1) is 0 Å². The molecule has 0 amide bonds. The highest BCUT2D eigenvalue weighted by atomic mass is 127. The van der Waals surface area contributed by atoms with E-state index in [1.165, 1.54) is 12.8 Å². The number of methoxy groups -OCH3 is 1. The highest BCUT2D eigenvalue weighted by molar-refractivity contribution is 14.0. The summed E-state index contributed by atoms with van der Waals surface area (Å²) in [6.07, 6.45) is 4.31. The molecule has 3 heterocycles. The maximum Gasteiger partial charge on any atom is 0.191 e. The molecule has 1 aromatic heterocycles. The van der Waals surface area contributed by atoms with Gasteiger partial charge in [-0.15, -0.1) is 35.3 Å². The molecule has 3 rings (SSSR count). The van der Waals surface area contributed by atoms with Crippen LogP contribution in [0.2, 0.25) is 0 Å². The van der Waals surface area contributed by atoms with Crippen molar-refractivity contribution in [3.05, 3.63) is 11.6 Å². The zero-order chi connectivity index (χ0) is 16.8. The van der Waals surface area contributed by atoms with Crippen molar-refractivity contribution in [3.8, 4) is 0 Å². The fourth-order valence-corrected chi connectivity index (χ4v) is 4.10. The Hall–Kier alpha value is -0.650. The van der Waals surface area contributed by atoms with Gasteiger partial charge in [-0.05, 0) is 19.4 Å². The van der Waals surface area contributed by atoms with Gasteiger partial charge in [0, 0.05) is 57.5 Å². The van der Waals surface area contributed by atoms with E-state index >= 15 is 0 Å². The number of anilines is 1. The number of likely N-dealkylation sites (tertiary alicyclic amines) is 1. The maximum atomic E-state index is 6.24. The number of piperazine rings is 1. The van der Waals surface area contributed by atoms with Gasteiger partial charge in [0.25, 0.3) is 0 Å². The first-order valence-electron chi connectivity index (χ1n) is 8.70. The summed E-state index contributed by atoms with van der Waals surface area (Å²) in [6.45, 7) is 7.44. The Labute approximate surface area is 171 Å². The third kappa shape index (κ3) is 5.66. The largest absolute Gasteiger partial charge is 0.383 e. The first-order valence-corrected chi connectivity index (χ1v) is 9.58. The number of ether oxygens (including phenoxy) is 1. The monoisotopic (exact) mass is 480 g/mol. The van der Waals surface area contributed by atoms with Crippen molar-refractivity contribution < 1.29 is 4.74 Å². The van der Waals surface area contributed by atoms with Gasteiger partial charge in [0.1, 0.15) is 0 Å². The second-order valence-corrected chi connectivity index (χ2v) is 7.19. The summed E-state index contributed by atoms with van der Waals surface area (Å²) in [5.41, 5.74) is 6.24. The van der Waals surface area contributed by atoms with Gasteiger partial charge in [-0.25, -0.2) is 4.98 Å². The normalized spacial score (nSPS) is 22.3. The Morgan fingerprint density at radius 3 is 2.84 bits per heavy atom. The highest BCUT2D eigenvalue weighted by Crippen LogP contribution is 2.19. The van der Waals surface area contributed by atoms with Crippen LogP contribution in [0.15, 0.2) is 16.6 Å². The molecule has 2 fully saturated rings. The predicted octanol–water partition coefficient (Wildman–Crippen LogP) is 1.31. The summed E-state index contributed by atoms with van der Waals surface area (Å²) in [5, 5.41) is 3.12. The van der Waals surface area contributed by atoms with Gasteiger partial charge in [-0.1, -0.05) is 0 Å². The van der Waals surface area contributed by atoms with Crippen molar-refractivity contribution >= 4 is 46.4 Å². The van der Waals surface area contributed by atoms with E-state index in [2.05, 4.69) is 24.7 Å². The SMILES string of the molecule is COCCN1CCCC1CN=C(N)N1CCN(c2nccs2)CC1.I. The molecule has 1 unspecified atom stereocenters. The highest BCUT2D eigenvalue weighted by Gasteiger charge is 2.24. The number of nitrogens with zero attached hydrogens (tertiary/aromatic N) is 5. The minimum absolute atomic E-state index is 0. The average molecular weight is 480 g/mol. The number of nitrogens with two attached hydrogens (primary N) is 1. The van der Waals surface area contributed by atoms with E-state index in [1.807, 2.05) is 11.6 Å². The van der Waals surface area contributed by atoms with Gasteiger partial charge in [-0.2, -0.15) is 0 Å². The van der Waals surface area contributed by atoms with Crippen LogP contribution in [0.3, 0.4) is 0 Å². The molecule has 0 spiro atoms. The minimum atomic E-state index is 0. The number of aromatic nitrogens is 1. The molecular formula is C16H29IN6OS. The number of hydrogen-bond donors (Lipinski definition) is 1. The van der Waals surface area contributed by atoms with E-state index in [4.69, 9.17) is 10.5 Å². The Morgan fingerprint density at radius 2 is 2.16 bits per heavy atom. The summed E-state index contributed by atoms with van der Waals surface area (Å²) in [6, 6.07) is 0.510. The van der Waals surface area contributed by atoms with Crippen LogP contribution in [0.25, 0.3) is 0 Å². The van der Waals surface area contributed by atoms with Gasteiger partial charge in [0.2, 0.25) is 0 Å². The van der Waals surface area contributed by atoms with E-state index < -0.39 is 0 Å². The number of thiazole rings is 1. The molecule has 25 heavy (non-hydrogen) atoms. The van der Waals surface area contributed by atoms with Crippen LogP contribution in [0.1, 0.15) is 12.8 Å². The molecule has 1 aromatic rings. The molecule has 2 N–H and O–H groups in total. The first kappa shape index (κ1) is 20.7. The van der Waals surface area contributed by atoms with Crippen LogP contribution in [-0.4, -0.2) is 86.3 Å². The van der Waals surface area contributed by atoms with Crippen molar-refractivity contribution in [2.75, 3.05) is 64.4 Å². The molecule has 0 aromatic carbocycles. The molecule has 2 aliphatic heterocycles. The number of guanidine groups is 1. The van der Waals surface area contributed by atoms with Crippen LogP contribution < -0.4 is 10.6 Å². The third-order valence-corrected chi connectivity index (χ3v) is 5.67. The summed E-state index contributed by atoms with van der Waals surface area (Å²) in [5.74, 6) is 0.687. The second kappa shape index (κ2) is 10.5. The molecule has 7 nitrogen and oxygen atoms in total. The zero-order valence-electron chi connectivity index (χ0n) is 14.8. The van der Waals surface area contributed by atoms with Gasteiger partial charge < -0.3 is 20.3 Å². The van der Waals surface area contributed by atoms with Gasteiger partial charge in [0.05, 0.1) is 13.2 Å². The maximum absolute atomic E-state index is 6.24. The van der Waals surface area contributed by atoms with Crippen LogP contribution in [-0.2, 0) is 4.74 Å². The number of rotatable bonds is 6. The first-order chi connectivity index (χ1) is 11.8. The van der Waals surface area contributed by atoms with Gasteiger partial charge >= 0.3 is 0 Å². The zero-order valence-corrected chi connectivity index (χ0v) is 18.0. The molecule has 0 bridgehead atoms. The lowest BCUT2D eigenvalue weighted by molar-refractivity contribution is 0.142. The average Bonchev–Trinajstić information content (AvgIpc) is 3.29. The molecule has 0 radical (unpaired) electrons. The van der Waals surface area contributed by atoms with E-state index in [0.29, 0.717) is 12.0 Å². The smallest absolute Gasteiger partial charge is 0.191 e. The van der Waals surface area contributed by atoms with E-state index in [0.717, 1.165) is 57.6 Å². The number of hydrogen-bond acceptors (Lipinski definition) is 6. The van der Waals surface area contributed by atoms with E-state index in [1.54, 1.807) is 18.4 Å².